The number of carbonyl (C=O) groups is 2. The zero-order valence-corrected chi connectivity index (χ0v) is 19.0. The summed E-state index contributed by atoms with van der Waals surface area (Å²) in [5.74, 6) is 0.941. The minimum atomic E-state index is -0.105. The van der Waals surface area contributed by atoms with Crippen LogP contribution in [-0.2, 0) is 11.4 Å². The molecule has 1 saturated heterocycles. The van der Waals surface area contributed by atoms with Gasteiger partial charge in [-0.15, -0.1) is 0 Å². The van der Waals surface area contributed by atoms with Gasteiger partial charge in [0.25, 0.3) is 5.91 Å². The van der Waals surface area contributed by atoms with Crippen LogP contribution in [0.2, 0.25) is 0 Å². The molecule has 2 aromatic rings. The molecule has 1 aliphatic carbocycles. The van der Waals surface area contributed by atoms with Gasteiger partial charge in [-0.25, -0.2) is 0 Å². The van der Waals surface area contributed by atoms with E-state index in [0.717, 1.165) is 44.1 Å². The largest absolute Gasteiger partial charge is 0.488 e. The maximum atomic E-state index is 12.8. The van der Waals surface area contributed by atoms with E-state index in [9.17, 15) is 14.9 Å². The second kappa shape index (κ2) is 11.0. The zero-order chi connectivity index (χ0) is 23.0. The van der Waals surface area contributed by atoms with Crippen molar-refractivity contribution >= 4 is 11.8 Å². The molecule has 0 spiro atoms. The van der Waals surface area contributed by atoms with Crippen LogP contribution in [-0.4, -0.2) is 35.8 Å². The van der Waals surface area contributed by atoms with Crippen molar-refractivity contribution in [1.29, 1.82) is 5.26 Å². The number of nitrogens with one attached hydrogen (secondary N) is 1. The third-order valence-corrected chi connectivity index (χ3v) is 6.69. The SMILES string of the molecule is N#Cc1ccccc1OCc1cccc(C(=O)NC2CCN(C(=O)C3CCCCC3)CC2)c1. The summed E-state index contributed by atoms with van der Waals surface area (Å²) in [5, 5.41) is 12.3. The van der Waals surface area contributed by atoms with Crippen molar-refractivity contribution < 1.29 is 14.3 Å². The van der Waals surface area contributed by atoms with Gasteiger partial charge in [0.2, 0.25) is 5.91 Å². The maximum Gasteiger partial charge on any atom is 0.251 e. The molecular formula is C27H31N3O3. The first-order valence-electron chi connectivity index (χ1n) is 11.9. The number of rotatable bonds is 6. The Balaban J connectivity index is 1.28. The Morgan fingerprint density at radius 3 is 2.52 bits per heavy atom. The van der Waals surface area contributed by atoms with Crippen molar-refractivity contribution in [3.63, 3.8) is 0 Å². The second-order valence-electron chi connectivity index (χ2n) is 9.00. The fourth-order valence-electron chi connectivity index (χ4n) is 4.77. The molecule has 1 saturated carbocycles. The maximum absolute atomic E-state index is 12.8. The Labute approximate surface area is 195 Å². The molecule has 1 aliphatic heterocycles. The molecule has 0 aromatic heterocycles. The van der Waals surface area contributed by atoms with Gasteiger partial charge < -0.3 is 15.0 Å². The van der Waals surface area contributed by atoms with Crippen molar-refractivity contribution in [3.05, 3.63) is 65.2 Å². The van der Waals surface area contributed by atoms with Crippen molar-refractivity contribution in [2.45, 2.75) is 57.6 Å². The molecule has 0 unspecified atom stereocenters. The van der Waals surface area contributed by atoms with E-state index in [1.807, 2.05) is 29.2 Å². The molecule has 2 aliphatic rings. The number of hydrogen-bond donors (Lipinski definition) is 1. The number of likely N-dealkylation sites (tertiary alicyclic amines) is 1. The smallest absolute Gasteiger partial charge is 0.251 e. The lowest BCUT2D eigenvalue weighted by Gasteiger charge is -2.35. The van der Waals surface area contributed by atoms with Gasteiger partial charge in [-0.2, -0.15) is 5.26 Å². The van der Waals surface area contributed by atoms with E-state index in [-0.39, 0.29) is 24.5 Å². The van der Waals surface area contributed by atoms with E-state index in [1.54, 1.807) is 24.3 Å². The Bertz CT molecular complexity index is 1020. The fraction of sp³-hybridized carbons (Fsp3) is 0.444. The molecule has 172 valence electrons. The summed E-state index contributed by atoms with van der Waals surface area (Å²) in [6.45, 7) is 1.71. The molecular weight excluding hydrogens is 414 g/mol. The highest BCUT2D eigenvalue weighted by Crippen LogP contribution is 2.26. The van der Waals surface area contributed by atoms with Crippen LogP contribution in [0.5, 0.6) is 5.75 Å². The minimum absolute atomic E-state index is 0.0790. The molecule has 1 N–H and O–H groups in total. The summed E-state index contributed by atoms with van der Waals surface area (Å²) in [6, 6.07) is 16.7. The van der Waals surface area contributed by atoms with Crippen molar-refractivity contribution in [2.75, 3.05) is 13.1 Å². The number of hydrogen-bond acceptors (Lipinski definition) is 4. The van der Waals surface area contributed by atoms with Crippen molar-refractivity contribution in [2.24, 2.45) is 5.92 Å². The summed E-state index contributed by atoms with van der Waals surface area (Å²) in [7, 11) is 0. The van der Waals surface area contributed by atoms with Gasteiger partial charge in [-0.3, -0.25) is 9.59 Å². The van der Waals surface area contributed by atoms with Crippen LogP contribution in [0.1, 0.15) is 66.4 Å². The number of nitriles is 1. The van der Waals surface area contributed by atoms with Crippen LogP contribution >= 0.6 is 0 Å². The Kier molecular flexibility index (Phi) is 7.62. The highest BCUT2D eigenvalue weighted by Gasteiger charge is 2.29. The average molecular weight is 446 g/mol. The van der Waals surface area contributed by atoms with Crippen LogP contribution in [0, 0.1) is 17.2 Å². The van der Waals surface area contributed by atoms with Crippen LogP contribution < -0.4 is 10.1 Å². The van der Waals surface area contributed by atoms with Gasteiger partial charge >= 0.3 is 0 Å². The lowest BCUT2D eigenvalue weighted by atomic mass is 9.87. The van der Waals surface area contributed by atoms with Crippen molar-refractivity contribution in [3.8, 4) is 11.8 Å². The Hall–Kier alpha value is -3.33. The topological polar surface area (TPSA) is 82.4 Å². The van der Waals surface area contributed by atoms with Crippen LogP contribution in [0.15, 0.2) is 48.5 Å². The first-order valence-corrected chi connectivity index (χ1v) is 11.9. The van der Waals surface area contributed by atoms with Crippen LogP contribution in [0.4, 0.5) is 0 Å². The van der Waals surface area contributed by atoms with Gasteiger partial charge in [0.1, 0.15) is 18.4 Å². The second-order valence-corrected chi connectivity index (χ2v) is 9.00. The van der Waals surface area contributed by atoms with Gasteiger partial charge in [-0.05, 0) is 55.5 Å². The number of amides is 2. The van der Waals surface area contributed by atoms with Gasteiger partial charge in [0.15, 0.2) is 0 Å². The highest BCUT2D eigenvalue weighted by atomic mass is 16.5. The predicted molar refractivity (Wildman–Crippen MR) is 126 cm³/mol. The standard InChI is InChI=1S/C27H31N3O3/c28-18-23-10-4-5-12-25(23)33-19-20-7-6-11-22(17-20)26(31)29-24-13-15-30(16-14-24)27(32)21-8-2-1-3-9-21/h4-7,10-12,17,21,24H,1-3,8-9,13-16,19H2,(H,29,31). The molecule has 4 rings (SSSR count). The molecule has 0 bridgehead atoms. The van der Waals surface area contributed by atoms with Gasteiger partial charge in [-0.1, -0.05) is 43.5 Å². The Morgan fingerprint density at radius 2 is 1.76 bits per heavy atom. The summed E-state index contributed by atoms with van der Waals surface area (Å²) in [6.07, 6.45) is 7.21. The third kappa shape index (κ3) is 5.92. The zero-order valence-electron chi connectivity index (χ0n) is 19.0. The summed E-state index contributed by atoms with van der Waals surface area (Å²) in [5.41, 5.74) is 1.94. The summed E-state index contributed by atoms with van der Waals surface area (Å²) < 4.78 is 5.79. The molecule has 0 radical (unpaired) electrons. The molecule has 2 aromatic carbocycles. The highest BCUT2D eigenvalue weighted by molar-refractivity contribution is 5.94. The van der Waals surface area contributed by atoms with E-state index in [4.69, 9.17) is 4.74 Å². The predicted octanol–water partition coefficient (Wildman–Crippen LogP) is 4.44. The molecule has 2 fully saturated rings. The lowest BCUT2D eigenvalue weighted by molar-refractivity contribution is -0.137. The number of piperidine rings is 1. The van der Waals surface area contributed by atoms with E-state index in [2.05, 4.69) is 11.4 Å². The van der Waals surface area contributed by atoms with Gasteiger partial charge in [0.05, 0.1) is 5.56 Å². The lowest BCUT2D eigenvalue weighted by Crippen LogP contribution is -2.48. The number of nitrogens with zero attached hydrogens (tertiary/aromatic N) is 2. The van der Waals surface area contributed by atoms with E-state index in [1.165, 1.54) is 6.42 Å². The first kappa shape index (κ1) is 22.8. The minimum Gasteiger partial charge on any atom is -0.488 e. The average Bonchev–Trinajstić information content (AvgIpc) is 2.88. The third-order valence-electron chi connectivity index (χ3n) is 6.69. The number of benzene rings is 2. The summed E-state index contributed by atoms with van der Waals surface area (Å²) >= 11 is 0. The fourth-order valence-corrected chi connectivity index (χ4v) is 4.77. The Morgan fingerprint density at radius 1 is 1.00 bits per heavy atom. The molecule has 2 amide bonds. The van der Waals surface area contributed by atoms with E-state index < -0.39 is 0 Å². The molecule has 6 heteroatoms. The molecule has 33 heavy (non-hydrogen) atoms. The summed E-state index contributed by atoms with van der Waals surface area (Å²) in [4.78, 5) is 27.6. The molecule has 6 nitrogen and oxygen atoms in total. The van der Waals surface area contributed by atoms with Gasteiger partial charge in [0, 0.05) is 30.6 Å². The molecule has 1 heterocycles. The quantitative estimate of drug-likeness (QED) is 0.713. The molecule has 0 atom stereocenters. The monoisotopic (exact) mass is 445 g/mol. The number of ether oxygens (including phenoxy) is 1. The van der Waals surface area contributed by atoms with E-state index >= 15 is 0 Å². The first-order chi connectivity index (χ1) is 16.1. The number of carbonyl (C=O) groups excluding carboxylic acids is 2. The van der Waals surface area contributed by atoms with E-state index in [0.29, 0.717) is 35.9 Å². The number of para-hydroxylation sites is 1. The van der Waals surface area contributed by atoms with Crippen LogP contribution in [0.25, 0.3) is 0 Å². The van der Waals surface area contributed by atoms with Crippen molar-refractivity contribution in [1.82, 2.24) is 10.2 Å². The normalized spacial score (nSPS) is 17.2. The van der Waals surface area contributed by atoms with Crippen LogP contribution in [0.3, 0.4) is 0 Å².